The minimum absolute atomic E-state index is 0.171. The molecule has 6 heteroatoms. The molecule has 2 heterocycles. The third-order valence-electron chi connectivity index (χ3n) is 4.43. The number of ether oxygens (including phenoxy) is 1. The van der Waals surface area contributed by atoms with E-state index in [2.05, 4.69) is 15.1 Å². The van der Waals surface area contributed by atoms with Crippen LogP contribution in [-0.2, 0) is 4.74 Å². The van der Waals surface area contributed by atoms with E-state index in [1.165, 1.54) is 32.5 Å². The largest absolute Gasteiger partial charge is 0.444 e. The van der Waals surface area contributed by atoms with Crippen LogP contribution in [-0.4, -0.2) is 91.8 Å². The molecule has 0 aromatic rings. The fourth-order valence-corrected chi connectivity index (χ4v) is 3.09. The summed E-state index contributed by atoms with van der Waals surface area (Å²) in [4.78, 5) is 18.9. The van der Waals surface area contributed by atoms with Gasteiger partial charge in [-0.1, -0.05) is 0 Å². The van der Waals surface area contributed by atoms with Crippen LogP contribution in [0.2, 0.25) is 0 Å². The van der Waals surface area contributed by atoms with Crippen LogP contribution in [0.5, 0.6) is 0 Å². The summed E-state index contributed by atoms with van der Waals surface area (Å²) in [5.74, 6) is 0. The molecule has 0 bridgehead atoms. The molecule has 2 rings (SSSR count). The second-order valence-electron chi connectivity index (χ2n) is 7.61. The molecule has 0 aromatic heterocycles. The van der Waals surface area contributed by atoms with Gasteiger partial charge >= 0.3 is 6.09 Å². The van der Waals surface area contributed by atoms with E-state index in [0.29, 0.717) is 0 Å². The van der Waals surface area contributed by atoms with Crippen LogP contribution in [0.25, 0.3) is 0 Å². The molecule has 0 radical (unpaired) electrons. The van der Waals surface area contributed by atoms with Crippen LogP contribution >= 0.6 is 0 Å². The minimum atomic E-state index is -0.405. The molecule has 1 amide bonds. The third-order valence-corrected chi connectivity index (χ3v) is 4.43. The number of unbranched alkanes of at least 4 members (excludes halogenated alkanes) is 1. The Morgan fingerprint density at radius 3 is 1.96 bits per heavy atom. The van der Waals surface area contributed by atoms with Gasteiger partial charge in [-0.2, -0.15) is 0 Å². The number of amides is 1. The van der Waals surface area contributed by atoms with Gasteiger partial charge in [-0.05, 0) is 46.7 Å². The molecule has 0 aromatic carbocycles. The molecule has 0 atom stereocenters. The fourth-order valence-electron chi connectivity index (χ4n) is 3.09. The molecule has 23 heavy (non-hydrogen) atoms. The zero-order chi connectivity index (χ0) is 16.7. The van der Waals surface area contributed by atoms with E-state index in [-0.39, 0.29) is 6.09 Å². The van der Waals surface area contributed by atoms with Gasteiger partial charge < -0.3 is 19.9 Å². The molecule has 2 aliphatic heterocycles. The Morgan fingerprint density at radius 1 is 0.913 bits per heavy atom. The topological polar surface area (TPSA) is 48.1 Å². The van der Waals surface area contributed by atoms with Crippen molar-refractivity contribution in [3.8, 4) is 0 Å². The van der Waals surface area contributed by atoms with Crippen LogP contribution in [0.15, 0.2) is 0 Å². The number of rotatable bonds is 5. The van der Waals surface area contributed by atoms with E-state index in [1.807, 2.05) is 25.7 Å². The Kier molecular flexibility index (Phi) is 7.11. The first-order valence-corrected chi connectivity index (χ1v) is 9.07. The molecule has 1 N–H and O–H groups in total. The lowest BCUT2D eigenvalue weighted by Gasteiger charge is -2.35. The van der Waals surface area contributed by atoms with Gasteiger partial charge in [0.15, 0.2) is 0 Å². The molecule has 2 aliphatic rings. The summed E-state index contributed by atoms with van der Waals surface area (Å²) < 4.78 is 5.44. The van der Waals surface area contributed by atoms with Gasteiger partial charge in [0, 0.05) is 52.4 Å². The highest BCUT2D eigenvalue weighted by molar-refractivity contribution is 5.68. The van der Waals surface area contributed by atoms with Gasteiger partial charge in [0.1, 0.15) is 5.60 Å². The lowest BCUT2D eigenvalue weighted by atomic mass is 10.2. The highest BCUT2D eigenvalue weighted by Gasteiger charge is 2.25. The Bertz CT molecular complexity index is 356. The zero-order valence-electron chi connectivity index (χ0n) is 15.1. The summed E-state index contributed by atoms with van der Waals surface area (Å²) in [7, 11) is 0. The van der Waals surface area contributed by atoms with Gasteiger partial charge in [0.2, 0.25) is 0 Å². The molecule has 134 valence electrons. The molecule has 2 fully saturated rings. The van der Waals surface area contributed by atoms with Crippen molar-refractivity contribution in [2.24, 2.45) is 0 Å². The Morgan fingerprint density at radius 2 is 1.43 bits per heavy atom. The van der Waals surface area contributed by atoms with Crippen molar-refractivity contribution in [2.75, 3.05) is 65.4 Å². The SMILES string of the molecule is CC(C)(C)OC(=O)N1CCN(CCCCN2CCNCC2)CC1. The van der Waals surface area contributed by atoms with Crippen molar-refractivity contribution in [2.45, 2.75) is 39.2 Å². The number of carbonyl (C=O) groups is 1. The standard InChI is InChI=1S/C17H34N4O2/c1-17(2,3)23-16(22)21-14-12-20(13-15-21)9-5-4-8-19-10-6-18-7-11-19/h18H,4-15H2,1-3H3. The maximum absolute atomic E-state index is 12.0. The summed E-state index contributed by atoms with van der Waals surface area (Å²) in [5.41, 5.74) is -0.405. The Labute approximate surface area is 141 Å². The number of nitrogens with one attached hydrogen (secondary N) is 1. The van der Waals surface area contributed by atoms with E-state index in [0.717, 1.165) is 45.8 Å². The Balaban J connectivity index is 1.55. The maximum atomic E-state index is 12.0. The van der Waals surface area contributed by atoms with E-state index in [4.69, 9.17) is 4.74 Å². The van der Waals surface area contributed by atoms with Gasteiger partial charge in [0.05, 0.1) is 0 Å². The first-order chi connectivity index (χ1) is 10.9. The molecular weight excluding hydrogens is 292 g/mol. The molecule has 0 saturated carbocycles. The van der Waals surface area contributed by atoms with Crippen molar-refractivity contribution in [3.05, 3.63) is 0 Å². The number of hydrogen-bond acceptors (Lipinski definition) is 5. The van der Waals surface area contributed by atoms with Crippen LogP contribution in [0.3, 0.4) is 0 Å². The molecule has 2 saturated heterocycles. The second-order valence-corrected chi connectivity index (χ2v) is 7.61. The normalized spacial score (nSPS) is 21.4. The molecule has 6 nitrogen and oxygen atoms in total. The van der Waals surface area contributed by atoms with E-state index in [1.54, 1.807) is 0 Å². The lowest BCUT2D eigenvalue weighted by molar-refractivity contribution is 0.0144. The summed E-state index contributed by atoms with van der Waals surface area (Å²) >= 11 is 0. The summed E-state index contributed by atoms with van der Waals surface area (Å²) in [6, 6.07) is 0. The molecule has 0 spiro atoms. The van der Waals surface area contributed by atoms with E-state index in [9.17, 15) is 4.79 Å². The summed E-state index contributed by atoms with van der Waals surface area (Å²) in [5, 5.41) is 3.39. The maximum Gasteiger partial charge on any atom is 0.410 e. The highest BCUT2D eigenvalue weighted by atomic mass is 16.6. The van der Waals surface area contributed by atoms with Gasteiger partial charge in [-0.3, -0.25) is 4.90 Å². The predicted octanol–water partition coefficient (Wildman–Crippen LogP) is 1.22. The first kappa shape index (κ1) is 18.5. The average molecular weight is 326 g/mol. The number of nitrogens with zero attached hydrogens (tertiary/aromatic N) is 3. The summed E-state index contributed by atoms with van der Waals surface area (Å²) in [6.45, 7) is 16.3. The van der Waals surface area contributed by atoms with Crippen LogP contribution in [0.4, 0.5) is 4.79 Å². The van der Waals surface area contributed by atoms with Crippen molar-refractivity contribution >= 4 is 6.09 Å². The average Bonchev–Trinajstić information content (AvgIpc) is 2.51. The third kappa shape index (κ3) is 7.06. The quantitative estimate of drug-likeness (QED) is 0.770. The van der Waals surface area contributed by atoms with E-state index < -0.39 is 5.60 Å². The smallest absolute Gasteiger partial charge is 0.410 e. The van der Waals surface area contributed by atoms with Crippen LogP contribution in [0.1, 0.15) is 33.6 Å². The highest BCUT2D eigenvalue weighted by Crippen LogP contribution is 2.12. The molecule has 0 aliphatic carbocycles. The molecule has 0 unspecified atom stereocenters. The number of carbonyl (C=O) groups excluding carboxylic acids is 1. The van der Waals surface area contributed by atoms with Gasteiger partial charge in [-0.15, -0.1) is 0 Å². The minimum Gasteiger partial charge on any atom is -0.444 e. The van der Waals surface area contributed by atoms with E-state index >= 15 is 0 Å². The zero-order valence-corrected chi connectivity index (χ0v) is 15.1. The second kappa shape index (κ2) is 8.85. The van der Waals surface area contributed by atoms with Crippen molar-refractivity contribution in [1.29, 1.82) is 0 Å². The van der Waals surface area contributed by atoms with Crippen molar-refractivity contribution < 1.29 is 9.53 Å². The van der Waals surface area contributed by atoms with Gasteiger partial charge in [0.25, 0.3) is 0 Å². The van der Waals surface area contributed by atoms with Gasteiger partial charge in [-0.25, -0.2) is 4.79 Å². The fraction of sp³-hybridized carbons (Fsp3) is 0.941. The van der Waals surface area contributed by atoms with Crippen molar-refractivity contribution in [3.63, 3.8) is 0 Å². The summed E-state index contributed by atoms with van der Waals surface area (Å²) in [6.07, 6.45) is 2.35. The van der Waals surface area contributed by atoms with Crippen molar-refractivity contribution in [1.82, 2.24) is 20.0 Å². The van der Waals surface area contributed by atoms with Crippen LogP contribution in [0, 0.1) is 0 Å². The Hall–Kier alpha value is -0.850. The monoisotopic (exact) mass is 326 g/mol. The predicted molar refractivity (Wildman–Crippen MR) is 92.8 cm³/mol. The molecular formula is C17H34N4O2. The van der Waals surface area contributed by atoms with Crippen LogP contribution < -0.4 is 5.32 Å². The first-order valence-electron chi connectivity index (χ1n) is 9.07. The lowest BCUT2D eigenvalue weighted by Crippen LogP contribution is -2.50. The number of piperazine rings is 2. The number of hydrogen-bond donors (Lipinski definition) is 1.